The standard InChI is InChI=1S/C15H22N2O2S2/c1-20-15(9-4-10-15)11-16-13-5-2-3-6-14(13)21(18,19)17-12-7-8-12/h2-3,5-6,12,16-17H,4,7-11H2,1H3. The third-order valence-electron chi connectivity index (χ3n) is 4.37. The highest BCUT2D eigenvalue weighted by Crippen LogP contribution is 2.43. The number of rotatable bonds is 7. The van der Waals surface area contributed by atoms with Gasteiger partial charge >= 0.3 is 0 Å². The van der Waals surface area contributed by atoms with E-state index < -0.39 is 10.0 Å². The Kier molecular flexibility index (Phi) is 4.21. The molecule has 0 unspecified atom stereocenters. The molecule has 2 aliphatic rings. The van der Waals surface area contributed by atoms with Crippen molar-refractivity contribution in [3.05, 3.63) is 24.3 Å². The van der Waals surface area contributed by atoms with Gasteiger partial charge in [0.2, 0.25) is 10.0 Å². The van der Waals surface area contributed by atoms with Crippen molar-refractivity contribution >= 4 is 27.5 Å². The molecule has 0 atom stereocenters. The minimum atomic E-state index is -3.41. The van der Waals surface area contributed by atoms with Gasteiger partial charge in [-0.05, 0) is 44.1 Å². The molecule has 21 heavy (non-hydrogen) atoms. The minimum absolute atomic E-state index is 0.132. The summed E-state index contributed by atoms with van der Waals surface area (Å²) in [5.74, 6) is 0. The Hall–Kier alpha value is -0.720. The number of benzene rings is 1. The number of thioether (sulfide) groups is 1. The lowest BCUT2D eigenvalue weighted by atomic mass is 9.84. The third-order valence-corrected chi connectivity index (χ3v) is 7.37. The summed E-state index contributed by atoms with van der Waals surface area (Å²) in [6.07, 6.45) is 7.71. The molecule has 1 aromatic carbocycles. The number of sulfonamides is 1. The Balaban J connectivity index is 1.76. The first kappa shape index (κ1) is 15.2. The van der Waals surface area contributed by atoms with Crippen LogP contribution in [-0.2, 0) is 10.0 Å². The Bertz CT molecular complexity index is 602. The topological polar surface area (TPSA) is 58.2 Å². The van der Waals surface area contributed by atoms with Crippen LogP contribution in [0.3, 0.4) is 0 Å². The van der Waals surface area contributed by atoms with Gasteiger partial charge in [-0.3, -0.25) is 0 Å². The van der Waals surface area contributed by atoms with Crippen molar-refractivity contribution in [1.29, 1.82) is 0 Å². The maximum atomic E-state index is 12.4. The van der Waals surface area contributed by atoms with Crippen LogP contribution in [0.25, 0.3) is 0 Å². The number of para-hydroxylation sites is 1. The van der Waals surface area contributed by atoms with E-state index in [0.29, 0.717) is 10.6 Å². The third kappa shape index (κ3) is 3.38. The van der Waals surface area contributed by atoms with Gasteiger partial charge in [-0.1, -0.05) is 18.6 Å². The summed E-state index contributed by atoms with van der Waals surface area (Å²) in [7, 11) is -3.41. The van der Waals surface area contributed by atoms with Crippen molar-refractivity contribution in [3.63, 3.8) is 0 Å². The number of hydrogen-bond donors (Lipinski definition) is 2. The molecule has 1 aromatic rings. The van der Waals surface area contributed by atoms with Gasteiger partial charge in [0.05, 0.1) is 5.69 Å². The van der Waals surface area contributed by atoms with Crippen LogP contribution in [0.4, 0.5) is 5.69 Å². The van der Waals surface area contributed by atoms with Crippen LogP contribution in [0.2, 0.25) is 0 Å². The molecule has 116 valence electrons. The lowest BCUT2D eigenvalue weighted by Gasteiger charge is -2.40. The Morgan fingerprint density at radius 2 is 2.00 bits per heavy atom. The molecule has 0 amide bonds. The molecule has 0 aromatic heterocycles. The molecular formula is C15H22N2O2S2. The first-order valence-corrected chi connectivity index (χ1v) is 10.2. The van der Waals surface area contributed by atoms with Gasteiger partial charge in [0, 0.05) is 17.3 Å². The lowest BCUT2D eigenvalue weighted by Crippen LogP contribution is -2.40. The fourth-order valence-corrected chi connectivity index (χ4v) is 5.01. The number of nitrogens with one attached hydrogen (secondary N) is 2. The van der Waals surface area contributed by atoms with Crippen LogP contribution in [0.1, 0.15) is 32.1 Å². The summed E-state index contributed by atoms with van der Waals surface area (Å²) in [6.45, 7) is 0.824. The van der Waals surface area contributed by atoms with Gasteiger partial charge in [0.25, 0.3) is 0 Å². The monoisotopic (exact) mass is 326 g/mol. The lowest BCUT2D eigenvalue weighted by molar-refractivity contribution is 0.379. The van der Waals surface area contributed by atoms with E-state index in [1.54, 1.807) is 12.1 Å². The fourth-order valence-electron chi connectivity index (χ4n) is 2.61. The van der Waals surface area contributed by atoms with Gasteiger partial charge in [-0.2, -0.15) is 11.8 Å². The summed E-state index contributed by atoms with van der Waals surface area (Å²) in [4.78, 5) is 0.368. The van der Waals surface area contributed by atoms with E-state index in [2.05, 4.69) is 16.3 Å². The van der Waals surface area contributed by atoms with Crippen molar-refractivity contribution in [2.75, 3.05) is 18.1 Å². The molecule has 2 saturated carbocycles. The van der Waals surface area contributed by atoms with Crippen LogP contribution in [0.15, 0.2) is 29.2 Å². The molecule has 2 aliphatic carbocycles. The normalized spacial score (nSPS) is 20.8. The van der Waals surface area contributed by atoms with Crippen molar-refractivity contribution in [2.45, 2.75) is 47.8 Å². The highest BCUT2D eigenvalue weighted by Gasteiger charge is 2.36. The van der Waals surface area contributed by atoms with Gasteiger partial charge in [0.1, 0.15) is 4.90 Å². The van der Waals surface area contributed by atoms with Gasteiger partial charge < -0.3 is 5.32 Å². The Morgan fingerprint density at radius 1 is 1.29 bits per heavy atom. The maximum absolute atomic E-state index is 12.4. The minimum Gasteiger partial charge on any atom is -0.383 e. The summed E-state index contributed by atoms with van der Waals surface area (Å²) in [6, 6.07) is 7.33. The molecule has 2 fully saturated rings. The zero-order valence-electron chi connectivity index (χ0n) is 12.3. The summed E-state index contributed by atoms with van der Waals surface area (Å²) >= 11 is 1.88. The molecule has 4 nitrogen and oxygen atoms in total. The predicted molar refractivity (Wildman–Crippen MR) is 88.4 cm³/mol. The van der Waals surface area contributed by atoms with Crippen molar-refractivity contribution in [1.82, 2.24) is 4.72 Å². The van der Waals surface area contributed by atoms with Crippen molar-refractivity contribution < 1.29 is 8.42 Å². The average Bonchev–Trinajstić information content (AvgIpc) is 3.22. The van der Waals surface area contributed by atoms with E-state index in [4.69, 9.17) is 0 Å². The highest BCUT2D eigenvalue weighted by molar-refractivity contribution is 8.00. The second-order valence-electron chi connectivity index (χ2n) is 5.99. The Labute approximate surface area is 131 Å². The molecule has 6 heteroatoms. The maximum Gasteiger partial charge on any atom is 0.242 e. The molecular weight excluding hydrogens is 304 g/mol. The van der Waals surface area contributed by atoms with E-state index in [0.717, 1.165) is 19.4 Å². The summed E-state index contributed by atoms with van der Waals surface area (Å²) in [5.41, 5.74) is 0.714. The quantitative estimate of drug-likeness (QED) is 0.809. The summed E-state index contributed by atoms with van der Waals surface area (Å²) < 4.78 is 27.9. The van der Waals surface area contributed by atoms with Gasteiger partial charge in [-0.25, -0.2) is 13.1 Å². The highest BCUT2D eigenvalue weighted by atomic mass is 32.2. The summed E-state index contributed by atoms with van der Waals surface area (Å²) in [5, 5.41) is 3.37. The molecule has 0 radical (unpaired) electrons. The molecule has 0 bridgehead atoms. The molecule has 0 spiro atoms. The van der Waals surface area contributed by atoms with Gasteiger partial charge in [-0.15, -0.1) is 0 Å². The average molecular weight is 326 g/mol. The molecule has 0 aliphatic heterocycles. The Morgan fingerprint density at radius 3 is 2.57 bits per heavy atom. The van der Waals surface area contributed by atoms with E-state index in [1.165, 1.54) is 19.3 Å². The predicted octanol–water partition coefficient (Wildman–Crippen LogP) is 2.82. The SMILES string of the molecule is CSC1(CNc2ccccc2S(=O)(=O)NC2CC2)CCC1. The molecule has 2 N–H and O–H groups in total. The van der Waals surface area contributed by atoms with Crippen LogP contribution in [0, 0.1) is 0 Å². The van der Waals surface area contributed by atoms with E-state index in [1.807, 2.05) is 23.9 Å². The second-order valence-corrected chi connectivity index (χ2v) is 8.94. The van der Waals surface area contributed by atoms with Crippen LogP contribution in [0.5, 0.6) is 0 Å². The molecule has 3 rings (SSSR count). The number of hydrogen-bond acceptors (Lipinski definition) is 4. The second kappa shape index (κ2) is 5.82. The smallest absolute Gasteiger partial charge is 0.242 e. The molecule has 0 saturated heterocycles. The first-order chi connectivity index (χ1) is 10.0. The number of anilines is 1. The zero-order valence-corrected chi connectivity index (χ0v) is 13.9. The largest absolute Gasteiger partial charge is 0.383 e. The van der Waals surface area contributed by atoms with Gasteiger partial charge in [0.15, 0.2) is 0 Å². The van der Waals surface area contributed by atoms with E-state index in [-0.39, 0.29) is 10.8 Å². The zero-order chi connectivity index (χ0) is 14.9. The van der Waals surface area contributed by atoms with Crippen LogP contribution < -0.4 is 10.0 Å². The van der Waals surface area contributed by atoms with Crippen molar-refractivity contribution in [3.8, 4) is 0 Å². The van der Waals surface area contributed by atoms with Crippen LogP contribution >= 0.6 is 11.8 Å². The molecule has 0 heterocycles. The van der Waals surface area contributed by atoms with Crippen LogP contribution in [-0.4, -0.2) is 32.0 Å². The van der Waals surface area contributed by atoms with E-state index in [9.17, 15) is 8.42 Å². The van der Waals surface area contributed by atoms with E-state index >= 15 is 0 Å². The van der Waals surface area contributed by atoms with Crippen molar-refractivity contribution in [2.24, 2.45) is 0 Å². The first-order valence-electron chi connectivity index (χ1n) is 7.45. The fraction of sp³-hybridized carbons (Fsp3) is 0.600.